The molecule has 2 nitrogen and oxygen atoms in total. The van der Waals surface area contributed by atoms with Crippen LogP contribution < -0.4 is 0 Å². The summed E-state index contributed by atoms with van der Waals surface area (Å²) >= 11 is 1.83. The lowest BCUT2D eigenvalue weighted by molar-refractivity contribution is -0.118. The molecular formula is C10H11NOS. The Bertz CT molecular complexity index is 314. The first-order valence-corrected chi connectivity index (χ1v) is 5.29. The molecule has 0 aromatic heterocycles. The van der Waals surface area contributed by atoms with Crippen LogP contribution >= 0.6 is 11.8 Å². The summed E-state index contributed by atoms with van der Waals surface area (Å²) in [5, 5.41) is 0. The Labute approximate surface area is 81.9 Å². The fraction of sp³-hybridized carbons (Fsp3) is 0.300. The number of hydrogen-bond acceptors (Lipinski definition) is 2. The quantitative estimate of drug-likeness (QED) is 0.633. The molecule has 3 heteroatoms. The molecule has 1 amide bonds. The van der Waals surface area contributed by atoms with E-state index in [0.717, 1.165) is 25.3 Å². The van der Waals surface area contributed by atoms with E-state index in [9.17, 15) is 4.79 Å². The largest absolute Gasteiger partial charge is 0.340 e. The molecule has 2 rings (SSSR count). The van der Waals surface area contributed by atoms with E-state index in [-0.39, 0.29) is 0 Å². The summed E-state index contributed by atoms with van der Waals surface area (Å²) in [6.07, 6.45) is 0.933. The minimum absolute atomic E-state index is 0.757. The van der Waals surface area contributed by atoms with Crippen molar-refractivity contribution in [3.63, 3.8) is 0 Å². The van der Waals surface area contributed by atoms with Crippen LogP contribution in [0, 0.1) is 0 Å². The van der Waals surface area contributed by atoms with Crippen molar-refractivity contribution in [1.29, 1.82) is 0 Å². The number of rotatable bonds is 1. The number of hydrogen-bond donors (Lipinski definition) is 0. The van der Waals surface area contributed by atoms with Crippen LogP contribution in [0.5, 0.6) is 0 Å². The zero-order valence-electron chi connectivity index (χ0n) is 7.27. The van der Waals surface area contributed by atoms with Crippen LogP contribution in [0.15, 0.2) is 29.2 Å². The predicted octanol–water partition coefficient (Wildman–Crippen LogP) is 1.75. The Balaban J connectivity index is 2.28. The fourth-order valence-electron chi connectivity index (χ4n) is 1.44. The average Bonchev–Trinajstić information content (AvgIpc) is 2.38. The van der Waals surface area contributed by atoms with Crippen molar-refractivity contribution in [1.82, 2.24) is 4.90 Å². The van der Waals surface area contributed by atoms with E-state index in [1.54, 1.807) is 0 Å². The van der Waals surface area contributed by atoms with Crippen molar-refractivity contribution >= 4 is 18.2 Å². The van der Waals surface area contributed by atoms with Crippen molar-refractivity contribution in [2.24, 2.45) is 0 Å². The van der Waals surface area contributed by atoms with Gasteiger partial charge in [0.15, 0.2) is 0 Å². The van der Waals surface area contributed by atoms with Gasteiger partial charge in [-0.2, -0.15) is 0 Å². The molecule has 0 radical (unpaired) electrons. The van der Waals surface area contributed by atoms with Crippen LogP contribution in [0.1, 0.15) is 5.56 Å². The molecule has 1 aromatic carbocycles. The zero-order chi connectivity index (χ0) is 9.10. The van der Waals surface area contributed by atoms with E-state index in [2.05, 4.69) is 12.1 Å². The van der Waals surface area contributed by atoms with Gasteiger partial charge in [-0.05, 0) is 11.6 Å². The number of nitrogens with zero attached hydrogens (tertiary/aromatic N) is 1. The van der Waals surface area contributed by atoms with Crippen LogP contribution in [-0.2, 0) is 11.3 Å². The Morgan fingerprint density at radius 2 is 2.23 bits per heavy atom. The Morgan fingerprint density at radius 1 is 1.38 bits per heavy atom. The summed E-state index contributed by atoms with van der Waals surface area (Å²) in [4.78, 5) is 13.8. The molecule has 1 aromatic rings. The molecular weight excluding hydrogens is 182 g/mol. The number of thioether (sulfide) groups is 1. The highest BCUT2D eigenvalue weighted by Gasteiger charge is 2.11. The second kappa shape index (κ2) is 3.83. The molecule has 1 aliphatic heterocycles. The lowest BCUT2D eigenvalue weighted by Gasteiger charge is -2.13. The van der Waals surface area contributed by atoms with Gasteiger partial charge < -0.3 is 4.90 Å². The van der Waals surface area contributed by atoms with Gasteiger partial charge in [0.1, 0.15) is 0 Å². The first-order chi connectivity index (χ1) is 6.40. The van der Waals surface area contributed by atoms with Crippen molar-refractivity contribution in [3.05, 3.63) is 29.8 Å². The third-order valence-electron chi connectivity index (χ3n) is 2.13. The maximum absolute atomic E-state index is 10.6. The molecule has 0 aliphatic carbocycles. The molecule has 0 fully saturated rings. The highest BCUT2D eigenvalue weighted by Crippen LogP contribution is 2.26. The second-order valence-corrected chi connectivity index (χ2v) is 4.17. The monoisotopic (exact) mass is 193 g/mol. The maximum atomic E-state index is 10.6. The van der Waals surface area contributed by atoms with E-state index in [1.807, 2.05) is 28.8 Å². The Morgan fingerprint density at radius 3 is 3.08 bits per heavy atom. The van der Waals surface area contributed by atoms with Gasteiger partial charge in [-0.15, -0.1) is 11.8 Å². The van der Waals surface area contributed by atoms with Crippen LogP contribution in [0.25, 0.3) is 0 Å². The van der Waals surface area contributed by atoms with E-state index >= 15 is 0 Å². The third-order valence-corrected chi connectivity index (χ3v) is 3.23. The summed E-state index contributed by atoms with van der Waals surface area (Å²) in [6, 6.07) is 8.27. The number of benzene rings is 1. The zero-order valence-corrected chi connectivity index (χ0v) is 8.09. The normalized spacial score (nSPS) is 16.2. The first-order valence-electron chi connectivity index (χ1n) is 4.30. The fourth-order valence-corrected chi connectivity index (χ4v) is 2.47. The van der Waals surface area contributed by atoms with Crippen LogP contribution in [-0.4, -0.2) is 23.6 Å². The molecule has 0 saturated heterocycles. The topological polar surface area (TPSA) is 20.3 Å². The molecule has 1 heterocycles. The Hall–Kier alpha value is -0.960. The van der Waals surface area contributed by atoms with Gasteiger partial charge in [-0.1, -0.05) is 18.2 Å². The summed E-state index contributed by atoms with van der Waals surface area (Å²) in [5.41, 5.74) is 1.26. The number of carbonyl (C=O) groups is 1. The summed E-state index contributed by atoms with van der Waals surface area (Å²) in [6.45, 7) is 1.61. The Kier molecular flexibility index (Phi) is 2.54. The minimum atomic E-state index is 0.757. The molecule has 0 N–H and O–H groups in total. The van der Waals surface area contributed by atoms with Crippen LogP contribution in [0.2, 0.25) is 0 Å². The number of amides is 1. The number of fused-ring (bicyclic) bond motifs is 1. The van der Waals surface area contributed by atoms with E-state index in [0.29, 0.717) is 0 Å². The van der Waals surface area contributed by atoms with Gasteiger partial charge in [0.25, 0.3) is 0 Å². The van der Waals surface area contributed by atoms with Gasteiger partial charge >= 0.3 is 0 Å². The standard InChI is InChI=1S/C10H11NOS/c12-8-11-5-6-13-10-4-2-1-3-9(10)7-11/h1-4,8H,5-7H2. The summed E-state index contributed by atoms with van der Waals surface area (Å²) in [5.74, 6) is 0.996. The van der Waals surface area contributed by atoms with Crippen LogP contribution in [0.3, 0.4) is 0 Å². The smallest absolute Gasteiger partial charge is 0.210 e. The molecule has 0 unspecified atom stereocenters. The second-order valence-electron chi connectivity index (χ2n) is 3.03. The summed E-state index contributed by atoms with van der Waals surface area (Å²) < 4.78 is 0. The number of carbonyl (C=O) groups excluding carboxylic acids is 1. The summed E-state index contributed by atoms with van der Waals surface area (Å²) in [7, 11) is 0. The van der Waals surface area contributed by atoms with Gasteiger partial charge in [0.05, 0.1) is 0 Å². The molecule has 0 bridgehead atoms. The minimum Gasteiger partial charge on any atom is -0.340 e. The van der Waals surface area contributed by atoms with Crippen LogP contribution in [0.4, 0.5) is 0 Å². The lowest BCUT2D eigenvalue weighted by atomic mass is 10.2. The highest BCUT2D eigenvalue weighted by molar-refractivity contribution is 7.99. The van der Waals surface area contributed by atoms with E-state index in [1.165, 1.54) is 10.5 Å². The molecule has 1 aliphatic rings. The highest BCUT2D eigenvalue weighted by atomic mass is 32.2. The molecule has 0 saturated carbocycles. The predicted molar refractivity (Wildman–Crippen MR) is 53.6 cm³/mol. The van der Waals surface area contributed by atoms with Gasteiger partial charge in [-0.25, -0.2) is 0 Å². The van der Waals surface area contributed by atoms with Crippen molar-refractivity contribution in [2.75, 3.05) is 12.3 Å². The van der Waals surface area contributed by atoms with Crippen molar-refractivity contribution < 1.29 is 4.79 Å². The molecule has 0 atom stereocenters. The lowest BCUT2D eigenvalue weighted by Crippen LogP contribution is -2.22. The van der Waals surface area contributed by atoms with Crippen molar-refractivity contribution in [2.45, 2.75) is 11.4 Å². The average molecular weight is 193 g/mol. The van der Waals surface area contributed by atoms with Crippen molar-refractivity contribution in [3.8, 4) is 0 Å². The molecule has 68 valence electrons. The van der Waals surface area contributed by atoms with Gasteiger partial charge in [-0.3, -0.25) is 4.79 Å². The maximum Gasteiger partial charge on any atom is 0.210 e. The van der Waals surface area contributed by atoms with Gasteiger partial charge in [0.2, 0.25) is 6.41 Å². The molecule has 13 heavy (non-hydrogen) atoms. The van der Waals surface area contributed by atoms with E-state index < -0.39 is 0 Å². The first kappa shape index (κ1) is 8.63. The van der Waals surface area contributed by atoms with E-state index in [4.69, 9.17) is 0 Å². The van der Waals surface area contributed by atoms with Gasteiger partial charge in [0, 0.05) is 23.7 Å². The molecule has 0 spiro atoms. The SMILES string of the molecule is O=CN1CCSc2ccccc2C1. The third kappa shape index (κ3) is 1.86.